The van der Waals surface area contributed by atoms with E-state index in [-0.39, 0.29) is 11.6 Å². The molecule has 2 aromatic rings. The average molecular weight is 304 g/mol. The van der Waals surface area contributed by atoms with E-state index in [9.17, 15) is 4.79 Å². The van der Waals surface area contributed by atoms with Gasteiger partial charge in [0.25, 0.3) is 5.56 Å². The number of nitrogens with zero attached hydrogens (tertiary/aromatic N) is 3. The predicted octanol–water partition coefficient (Wildman–Crippen LogP) is 2.45. The van der Waals surface area contributed by atoms with Crippen molar-refractivity contribution in [2.24, 2.45) is 5.92 Å². The number of hydrogen-bond donors (Lipinski definition) is 1. The van der Waals surface area contributed by atoms with Crippen molar-refractivity contribution in [2.75, 3.05) is 13.2 Å². The van der Waals surface area contributed by atoms with Crippen molar-refractivity contribution in [1.29, 1.82) is 0 Å². The first-order valence-corrected chi connectivity index (χ1v) is 8.27. The third-order valence-electron chi connectivity index (χ3n) is 4.63. The molecular weight excluding hydrogens is 280 g/mol. The number of aromatic amines is 1. The zero-order valence-corrected chi connectivity index (χ0v) is 13.3. The molecule has 1 saturated heterocycles. The van der Waals surface area contributed by atoms with E-state index in [0.29, 0.717) is 23.6 Å². The summed E-state index contributed by atoms with van der Waals surface area (Å²) in [7, 11) is 0. The van der Waals surface area contributed by atoms with Crippen LogP contribution in [0.15, 0.2) is 11.0 Å². The Bertz CT molecular complexity index is 681. The molecule has 0 radical (unpaired) electrons. The molecule has 2 aromatic heterocycles. The number of ether oxygens (including phenoxy) is 1. The largest absolute Gasteiger partial charge is 0.379 e. The molecule has 1 aliphatic rings. The maximum atomic E-state index is 12.3. The summed E-state index contributed by atoms with van der Waals surface area (Å²) in [6.45, 7) is 5.81. The molecule has 0 spiro atoms. The fourth-order valence-electron chi connectivity index (χ4n) is 3.11. The van der Waals surface area contributed by atoms with Crippen molar-refractivity contribution in [2.45, 2.75) is 52.0 Å². The lowest BCUT2D eigenvalue weighted by atomic mass is 9.99. The van der Waals surface area contributed by atoms with Gasteiger partial charge in [-0.15, -0.1) is 0 Å². The summed E-state index contributed by atoms with van der Waals surface area (Å²) in [6, 6.07) is 0.182. The minimum atomic E-state index is -0.0890. The van der Waals surface area contributed by atoms with Crippen LogP contribution in [0.1, 0.15) is 51.4 Å². The number of fused-ring (bicyclic) bond motifs is 1. The predicted molar refractivity (Wildman–Crippen MR) is 85.0 cm³/mol. The van der Waals surface area contributed by atoms with Gasteiger partial charge >= 0.3 is 0 Å². The standard InChI is InChI=1S/C16H24N4O2/c1-3-11(4-2)8-14-18-15-13(16(21)19-14)9-17-20(15)12-6-5-7-22-10-12/h9,11-12H,3-8,10H2,1-2H3,(H,18,19,21). The minimum absolute atomic E-state index is 0.0890. The van der Waals surface area contributed by atoms with Gasteiger partial charge in [-0.3, -0.25) is 4.79 Å². The van der Waals surface area contributed by atoms with Crippen molar-refractivity contribution in [1.82, 2.24) is 19.7 Å². The Morgan fingerprint density at radius 2 is 2.27 bits per heavy atom. The number of hydrogen-bond acceptors (Lipinski definition) is 4. The van der Waals surface area contributed by atoms with Gasteiger partial charge in [0, 0.05) is 13.0 Å². The monoisotopic (exact) mass is 304 g/mol. The molecule has 1 N–H and O–H groups in total. The summed E-state index contributed by atoms with van der Waals surface area (Å²) in [5.41, 5.74) is 0.606. The van der Waals surface area contributed by atoms with Gasteiger partial charge in [0.15, 0.2) is 5.65 Å². The highest BCUT2D eigenvalue weighted by molar-refractivity contribution is 5.73. The molecule has 1 atom stereocenters. The summed E-state index contributed by atoms with van der Waals surface area (Å²) in [6.07, 6.45) is 6.66. The van der Waals surface area contributed by atoms with Gasteiger partial charge in [0.05, 0.1) is 18.8 Å². The van der Waals surface area contributed by atoms with E-state index in [1.165, 1.54) is 0 Å². The van der Waals surface area contributed by atoms with Crippen LogP contribution < -0.4 is 5.56 Å². The molecule has 3 heterocycles. The van der Waals surface area contributed by atoms with Crippen LogP contribution in [-0.2, 0) is 11.2 Å². The van der Waals surface area contributed by atoms with Crippen LogP contribution >= 0.6 is 0 Å². The number of nitrogens with one attached hydrogen (secondary N) is 1. The van der Waals surface area contributed by atoms with E-state index in [4.69, 9.17) is 9.72 Å². The first-order chi connectivity index (χ1) is 10.7. The maximum absolute atomic E-state index is 12.3. The van der Waals surface area contributed by atoms with E-state index in [1.54, 1.807) is 6.20 Å². The molecule has 22 heavy (non-hydrogen) atoms. The van der Waals surface area contributed by atoms with Crippen molar-refractivity contribution in [3.8, 4) is 0 Å². The van der Waals surface area contributed by atoms with Crippen LogP contribution in [0.2, 0.25) is 0 Å². The van der Waals surface area contributed by atoms with Crippen LogP contribution in [0.4, 0.5) is 0 Å². The lowest BCUT2D eigenvalue weighted by molar-refractivity contribution is 0.0563. The van der Waals surface area contributed by atoms with Crippen LogP contribution in [-0.4, -0.2) is 33.0 Å². The van der Waals surface area contributed by atoms with Crippen LogP contribution in [0, 0.1) is 5.92 Å². The zero-order valence-electron chi connectivity index (χ0n) is 13.3. The lowest BCUT2D eigenvalue weighted by Gasteiger charge is -2.22. The third-order valence-corrected chi connectivity index (χ3v) is 4.63. The van der Waals surface area contributed by atoms with Gasteiger partial charge in [0.2, 0.25) is 0 Å². The zero-order chi connectivity index (χ0) is 15.5. The quantitative estimate of drug-likeness (QED) is 0.921. The second-order valence-corrected chi connectivity index (χ2v) is 6.10. The fraction of sp³-hybridized carbons (Fsp3) is 0.688. The topological polar surface area (TPSA) is 72.8 Å². The van der Waals surface area contributed by atoms with Gasteiger partial charge in [0.1, 0.15) is 11.2 Å². The number of H-pyrrole nitrogens is 1. The van der Waals surface area contributed by atoms with Crippen molar-refractivity contribution >= 4 is 11.0 Å². The number of rotatable bonds is 5. The summed E-state index contributed by atoms with van der Waals surface area (Å²) < 4.78 is 7.42. The highest BCUT2D eigenvalue weighted by atomic mass is 16.5. The van der Waals surface area contributed by atoms with Crippen LogP contribution in [0.3, 0.4) is 0 Å². The summed E-state index contributed by atoms with van der Waals surface area (Å²) >= 11 is 0. The molecular formula is C16H24N4O2. The first kappa shape index (κ1) is 15.2. The Morgan fingerprint density at radius 1 is 1.45 bits per heavy atom. The molecule has 120 valence electrons. The maximum Gasteiger partial charge on any atom is 0.262 e. The summed E-state index contributed by atoms with van der Waals surface area (Å²) in [5, 5.41) is 4.96. The molecule has 1 fully saturated rings. The van der Waals surface area contributed by atoms with Gasteiger partial charge in [-0.05, 0) is 18.8 Å². The number of aromatic nitrogens is 4. The second kappa shape index (κ2) is 6.60. The van der Waals surface area contributed by atoms with E-state index < -0.39 is 0 Å². The second-order valence-electron chi connectivity index (χ2n) is 6.10. The lowest BCUT2D eigenvalue weighted by Crippen LogP contribution is -2.23. The summed E-state index contributed by atoms with van der Waals surface area (Å²) in [5.74, 6) is 1.32. The van der Waals surface area contributed by atoms with Gasteiger partial charge in [-0.1, -0.05) is 26.7 Å². The van der Waals surface area contributed by atoms with Crippen molar-refractivity contribution < 1.29 is 4.74 Å². The third kappa shape index (κ3) is 2.92. The SMILES string of the molecule is CCC(CC)Cc1nc2c(cnn2C2CCCOC2)c(=O)[nH]1. The molecule has 3 rings (SSSR count). The van der Waals surface area contributed by atoms with E-state index in [1.807, 2.05) is 4.68 Å². The average Bonchev–Trinajstić information content (AvgIpc) is 2.98. The Labute approximate surface area is 129 Å². The van der Waals surface area contributed by atoms with Crippen molar-refractivity contribution in [3.05, 3.63) is 22.4 Å². The molecule has 1 unspecified atom stereocenters. The minimum Gasteiger partial charge on any atom is -0.379 e. The molecule has 0 saturated carbocycles. The molecule has 0 aliphatic carbocycles. The van der Waals surface area contributed by atoms with E-state index in [2.05, 4.69) is 23.9 Å². The van der Waals surface area contributed by atoms with Crippen LogP contribution in [0.25, 0.3) is 11.0 Å². The molecule has 6 heteroatoms. The first-order valence-electron chi connectivity index (χ1n) is 8.27. The highest BCUT2D eigenvalue weighted by Crippen LogP contribution is 2.22. The Balaban J connectivity index is 1.97. The fourth-order valence-corrected chi connectivity index (χ4v) is 3.11. The molecule has 0 bridgehead atoms. The molecule has 6 nitrogen and oxygen atoms in total. The summed E-state index contributed by atoms with van der Waals surface area (Å²) in [4.78, 5) is 19.9. The Kier molecular flexibility index (Phi) is 4.57. The highest BCUT2D eigenvalue weighted by Gasteiger charge is 2.21. The Hall–Kier alpha value is -1.69. The van der Waals surface area contributed by atoms with Gasteiger partial charge < -0.3 is 9.72 Å². The van der Waals surface area contributed by atoms with Gasteiger partial charge in [-0.2, -0.15) is 5.10 Å². The molecule has 0 aromatic carbocycles. The van der Waals surface area contributed by atoms with E-state index in [0.717, 1.165) is 44.5 Å². The van der Waals surface area contributed by atoms with Crippen LogP contribution in [0.5, 0.6) is 0 Å². The smallest absolute Gasteiger partial charge is 0.262 e. The molecule has 1 aliphatic heterocycles. The van der Waals surface area contributed by atoms with Gasteiger partial charge in [-0.25, -0.2) is 9.67 Å². The molecule has 0 amide bonds. The Morgan fingerprint density at radius 3 is 2.95 bits per heavy atom. The van der Waals surface area contributed by atoms with Crippen molar-refractivity contribution in [3.63, 3.8) is 0 Å². The van der Waals surface area contributed by atoms with E-state index >= 15 is 0 Å². The normalized spacial score (nSPS) is 19.1.